The summed E-state index contributed by atoms with van der Waals surface area (Å²) in [5.41, 5.74) is 3.49. The molecule has 0 saturated carbocycles. The Kier molecular flexibility index (Phi) is 5.48. The summed E-state index contributed by atoms with van der Waals surface area (Å²) >= 11 is 0. The molecule has 3 aromatic heterocycles. The smallest absolute Gasteiger partial charge is 0.272 e. The lowest BCUT2D eigenvalue weighted by atomic mass is 10.1. The van der Waals surface area contributed by atoms with Crippen LogP contribution in [0.3, 0.4) is 0 Å². The molecule has 150 valence electrons. The minimum atomic E-state index is -0.274. The van der Waals surface area contributed by atoms with E-state index in [9.17, 15) is 4.79 Å². The number of amides is 1. The average molecular weight is 395 g/mol. The number of hydrogen-bond donors (Lipinski definition) is 1. The Hall–Kier alpha value is -3.33. The van der Waals surface area contributed by atoms with E-state index in [0.717, 1.165) is 23.2 Å². The van der Waals surface area contributed by atoms with E-state index in [1.165, 1.54) is 0 Å². The van der Waals surface area contributed by atoms with Crippen molar-refractivity contribution in [3.05, 3.63) is 53.2 Å². The van der Waals surface area contributed by atoms with E-state index in [1.54, 1.807) is 18.3 Å². The largest absolute Gasteiger partial charge is 0.472 e. The molecule has 1 fully saturated rings. The van der Waals surface area contributed by atoms with Crippen LogP contribution in [0.25, 0.3) is 11.3 Å². The van der Waals surface area contributed by atoms with E-state index in [4.69, 9.17) is 14.0 Å². The van der Waals surface area contributed by atoms with Gasteiger partial charge in [-0.1, -0.05) is 5.16 Å². The first-order valence-corrected chi connectivity index (χ1v) is 9.33. The minimum absolute atomic E-state index is 0.0199. The number of carbonyl (C=O) groups is 1. The third-order valence-electron chi connectivity index (χ3n) is 4.67. The molecule has 1 atom stereocenters. The van der Waals surface area contributed by atoms with Crippen molar-refractivity contribution in [2.45, 2.75) is 32.9 Å². The lowest BCUT2D eigenvalue weighted by molar-refractivity contribution is 0.0923. The van der Waals surface area contributed by atoms with Gasteiger partial charge in [0.25, 0.3) is 5.91 Å². The highest BCUT2D eigenvalue weighted by Gasteiger charge is 2.20. The van der Waals surface area contributed by atoms with Crippen molar-refractivity contribution in [1.82, 2.24) is 25.7 Å². The standard InChI is InChI=1S/C20H21N5O4/c1-12-3-4-14(9-21-12)19-16(13(2)29-25-19)11-28-18-6-5-17(23-24-18)20(26)22-15-7-8-27-10-15/h3-6,9,15H,7-8,10-11H2,1-2H3,(H,22,26)/t15-/m1/s1. The fourth-order valence-electron chi connectivity index (χ4n) is 2.97. The normalized spacial score (nSPS) is 16.0. The van der Waals surface area contributed by atoms with Crippen molar-refractivity contribution in [3.8, 4) is 17.1 Å². The molecule has 1 saturated heterocycles. The van der Waals surface area contributed by atoms with Gasteiger partial charge in [-0.25, -0.2) is 0 Å². The van der Waals surface area contributed by atoms with Crippen molar-refractivity contribution in [2.75, 3.05) is 13.2 Å². The van der Waals surface area contributed by atoms with E-state index in [2.05, 4.69) is 25.7 Å². The molecule has 1 aliphatic rings. The number of hydrogen-bond acceptors (Lipinski definition) is 8. The van der Waals surface area contributed by atoms with Crippen LogP contribution >= 0.6 is 0 Å². The number of pyridine rings is 1. The van der Waals surface area contributed by atoms with Crippen LogP contribution in [0.15, 0.2) is 35.0 Å². The molecular weight excluding hydrogens is 374 g/mol. The van der Waals surface area contributed by atoms with Crippen molar-refractivity contribution in [2.24, 2.45) is 0 Å². The van der Waals surface area contributed by atoms with Crippen LogP contribution in [0.5, 0.6) is 5.88 Å². The number of rotatable bonds is 6. The van der Waals surface area contributed by atoms with Gasteiger partial charge in [0.2, 0.25) is 5.88 Å². The number of nitrogens with zero attached hydrogens (tertiary/aromatic N) is 4. The fraction of sp³-hybridized carbons (Fsp3) is 0.350. The summed E-state index contributed by atoms with van der Waals surface area (Å²) in [5, 5.41) is 14.9. The predicted molar refractivity (Wildman–Crippen MR) is 102 cm³/mol. The van der Waals surface area contributed by atoms with Crippen LogP contribution in [0.1, 0.15) is 33.9 Å². The Morgan fingerprint density at radius 1 is 1.24 bits per heavy atom. The molecule has 1 amide bonds. The molecule has 0 aromatic carbocycles. The Morgan fingerprint density at radius 2 is 2.14 bits per heavy atom. The molecule has 1 aliphatic heterocycles. The second-order valence-electron chi connectivity index (χ2n) is 6.83. The van der Waals surface area contributed by atoms with Crippen molar-refractivity contribution >= 4 is 5.91 Å². The van der Waals surface area contributed by atoms with Crippen molar-refractivity contribution in [1.29, 1.82) is 0 Å². The molecular formula is C20H21N5O4. The highest BCUT2D eigenvalue weighted by molar-refractivity contribution is 5.92. The summed E-state index contributed by atoms with van der Waals surface area (Å²) in [6, 6.07) is 7.07. The number of carbonyl (C=O) groups excluding carboxylic acids is 1. The van der Waals surface area contributed by atoms with Crippen LogP contribution in [0.2, 0.25) is 0 Å². The first-order valence-electron chi connectivity index (χ1n) is 9.33. The summed E-state index contributed by atoms with van der Waals surface area (Å²) in [5.74, 6) is 0.686. The van der Waals surface area contributed by atoms with Gasteiger partial charge in [-0.05, 0) is 38.5 Å². The lowest BCUT2D eigenvalue weighted by Gasteiger charge is -2.10. The average Bonchev–Trinajstić information content (AvgIpc) is 3.37. The van der Waals surface area contributed by atoms with Gasteiger partial charge in [0.15, 0.2) is 5.69 Å². The molecule has 4 heterocycles. The van der Waals surface area contributed by atoms with E-state index in [-0.39, 0.29) is 24.2 Å². The van der Waals surface area contributed by atoms with E-state index in [0.29, 0.717) is 30.5 Å². The van der Waals surface area contributed by atoms with Gasteiger partial charge in [0.05, 0.1) is 18.2 Å². The van der Waals surface area contributed by atoms with Crippen LogP contribution in [0.4, 0.5) is 0 Å². The van der Waals surface area contributed by atoms with Gasteiger partial charge < -0.3 is 19.3 Å². The van der Waals surface area contributed by atoms with Gasteiger partial charge in [0, 0.05) is 30.1 Å². The Balaban J connectivity index is 1.41. The number of aryl methyl sites for hydroxylation is 2. The quantitative estimate of drug-likeness (QED) is 0.676. The topological polar surface area (TPSA) is 112 Å². The van der Waals surface area contributed by atoms with Gasteiger partial charge in [0.1, 0.15) is 18.1 Å². The zero-order valence-corrected chi connectivity index (χ0v) is 16.2. The molecule has 0 bridgehead atoms. The Labute approximate surface area is 167 Å². The fourth-order valence-corrected chi connectivity index (χ4v) is 2.97. The van der Waals surface area contributed by atoms with Gasteiger partial charge in [-0.3, -0.25) is 9.78 Å². The molecule has 4 rings (SSSR count). The summed E-state index contributed by atoms with van der Waals surface area (Å²) in [6.07, 6.45) is 2.55. The molecule has 0 radical (unpaired) electrons. The van der Waals surface area contributed by atoms with Crippen molar-refractivity contribution < 1.29 is 18.8 Å². The van der Waals surface area contributed by atoms with E-state index < -0.39 is 0 Å². The maximum absolute atomic E-state index is 12.2. The van der Waals surface area contributed by atoms with Gasteiger partial charge in [-0.2, -0.15) is 0 Å². The lowest BCUT2D eigenvalue weighted by Crippen LogP contribution is -2.35. The van der Waals surface area contributed by atoms with Crippen LogP contribution < -0.4 is 10.1 Å². The van der Waals surface area contributed by atoms with Crippen LogP contribution in [-0.4, -0.2) is 45.5 Å². The van der Waals surface area contributed by atoms with Gasteiger partial charge in [-0.15, -0.1) is 10.2 Å². The molecule has 9 nitrogen and oxygen atoms in total. The van der Waals surface area contributed by atoms with Crippen molar-refractivity contribution in [3.63, 3.8) is 0 Å². The van der Waals surface area contributed by atoms with Crippen LogP contribution in [0, 0.1) is 13.8 Å². The third-order valence-corrected chi connectivity index (χ3v) is 4.67. The molecule has 9 heteroatoms. The van der Waals surface area contributed by atoms with E-state index >= 15 is 0 Å². The van der Waals surface area contributed by atoms with Gasteiger partial charge >= 0.3 is 0 Å². The molecule has 0 unspecified atom stereocenters. The summed E-state index contributed by atoms with van der Waals surface area (Å²) in [7, 11) is 0. The SMILES string of the molecule is Cc1ccc(-c2noc(C)c2COc2ccc(C(=O)N[C@@H]3CCOC3)nn2)cn1. The minimum Gasteiger partial charge on any atom is -0.472 e. The third kappa shape index (κ3) is 4.40. The summed E-state index contributed by atoms with van der Waals surface area (Å²) in [4.78, 5) is 16.5. The monoisotopic (exact) mass is 395 g/mol. The number of aromatic nitrogens is 4. The highest BCUT2D eigenvalue weighted by Crippen LogP contribution is 2.26. The second kappa shape index (κ2) is 8.36. The number of ether oxygens (including phenoxy) is 2. The molecule has 3 aromatic rings. The first-order chi connectivity index (χ1) is 14.1. The predicted octanol–water partition coefficient (Wildman–Crippen LogP) is 2.24. The zero-order valence-electron chi connectivity index (χ0n) is 16.2. The molecule has 0 aliphatic carbocycles. The Bertz CT molecular complexity index is 979. The highest BCUT2D eigenvalue weighted by atomic mass is 16.5. The van der Waals surface area contributed by atoms with E-state index in [1.807, 2.05) is 26.0 Å². The number of nitrogens with one attached hydrogen (secondary N) is 1. The molecule has 1 N–H and O–H groups in total. The Morgan fingerprint density at radius 3 is 2.83 bits per heavy atom. The zero-order chi connectivity index (χ0) is 20.2. The maximum atomic E-state index is 12.2. The summed E-state index contributed by atoms with van der Waals surface area (Å²) in [6.45, 7) is 5.14. The second-order valence-corrected chi connectivity index (χ2v) is 6.83. The van der Waals surface area contributed by atoms with Crippen LogP contribution in [-0.2, 0) is 11.3 Å². The maximum Gasteiger partial charge on any atom is 0.272 e. The molecule has 29 heavy (non-hydrogen) atoms. The molecule has 0 spiro atoms. The first kappa shape index (κ1) is 19.0. The summed E-state index contributed by atoms with van der Waals surface area (Å²) < 4.78 is 16.3.